The zero-order chi connectivity index (χ0) is 55.9. The van der Waals surface area contributed by atoms with Crippen LogP contribution in [0.15, 0.2) is 200 Å². The van der Waals surface area contributed by atoms with E-state index in [1.54, 1.807) is 44.4 Å². The van der Waals surface area contributed by atoms with Crippen molar-refractivity contribution in [3.8, 4) is 23.0 Å². The third-order valence-electron chi connectivity index (χ3n) is 14.0. The van der Waals surface area contributed by atoms with Crippen LogP contribution in [0.4, 0.5) is 4.39 Å². The van der Waals surface area contributed by atoms with Gasteiger partial charge < -0.3 is 23.7 Å². The lowest BCUT2D eigenvalue weighted by Crippen LogP contribution is -2.05. The molecule has 10 heteroatoms. The summed E-state index contributed by atoms with van der Waals surface area (Å²) in [5.74, 6) is 4.80. The first-order valence-electron chi connectivity index (χ1n) is 26.3. The minimum absolute atomic E-state index is 0.197. The van der Waals surface area contributed by atoms with Crippen molar-refractivity contribution in [3.63, 3.8) is 0 Å². The molecule has 80 heavy (non-hydrogen) atoms. The fourth-order valence-corrected chi connectivity index (χ4v) is 10.1. The Labute approximate surface area is 481 Å². The Hall–Kier alpha value is -8.33. The highest BCUT2D eigenvalue weighted by atomic mass is 35.5. The lowest BCUT2D eigenvalue weighted by molar-refractivity contribution is 0.0526. The molecule has 0 spiro atoms. The van der Waals surface area contributed by atoms with Crippen LogP contribution in [-0.2, 0) is 24.0 Å². The van der Waals surface area contributed by atoms with Gasteiger partial charge in [0, 0.05) is 73.3 Å². The quantitative estimate of drug-likeness (QED) is 0.114. The van der Waals surface area contributed by atoms with E-state index in [1.807, 2.05) is 91.9 Å². The molecule has 6 nitrogen and oxygen atoms in total. The lowest BCUT2D eigenvalue weighted by atomic mass is 10.0. The van der Waals surface area contributed by atoms with E-state index in [2.05, 4.69) is 92.7 Å². The molecule has 0 saturated carbocycles. The van der Waals surface area contributed by atoms with Crippen molar-refractivity contribution in [3.05, 3.63) is 293 Å². The van der Waals surface area contributed by atoms with Crippen LogP contribution in [0.1, 0.15) is 84.0 Å². The Morgan fingerprint density at radius 1 is 0.450 bits per heavy atom. The van der Waals surface area contributed by atoms with Crippen LogP contribution in [0.2, 0.25) is 15.1 Å². The van der Waals surface area contributed by atoms with Gasteiger partial charge >= 0.3 is 5.97 Å². The molecular formula is C70H56Cl3FO6. The molecule has 400 valence electrons. The fraction of sp³-hybridized carbons (Fsp3) is 0.129. The number of ether oxygens (including phenoxy) is 5. The predicted octanol–water partition coefficient (Wildman–Crippen LogP) is 18.8. The number of fused-ring (bicyclic) bond motifs is 3. The molecule has 0 fully saturated rings. The molecule has 3 aliphatic rings. The molecule has 12 rings (SSSR count). The van der Waals surface area contributed by atoms with Crippen LogP contribution in [0.5, 0.6) is 23.0 Å². The number of hydrogen-bond acceptors (Lipinski definition) is 6. The van der Waals surface area contributed by atoms with Gasteiger partial charge in [-0.3, -0.25) is 0 Å². The maximum absolute atomic E-state index is 14.3. The number of benzene rings is 9. The maximum atomic E-state index is 14.3. The topological polar surface area (TPSA) is 63.2 Å². The molecule has 0 unspecified atom stereocenters. The Balaban J connectivity index is 0.000000135. The van der Waals surface area contributed by atoms with Crippen molar-refractivity contribution < 1.29 is 32.9 Å². The first-order chi connectivity index (χ1) is 38.8. The molecule has 9 aromatic carbocycles. The molecule has 0 aromatic heterocycles. The van der Waals surface area contributed by atoms with Crippen LogP contribution in [0, 0.1) is 26.6 Å². The van der Waals surface area contributed by atoms with Crippen molar-refractivity contribution in [1.82, 2.24) is 0 Å². The van der Waals surface area contributed by atoms with Gasteiger partial charge in [-0.25, -0.2) is 9.18 Å². The third-order valence-corrected chi connectivity index (χ3v) is 14.8. The van der Waals surface area contributed by atoms with E-state index in [0.29, 0.717) is 56.5 Å². The van der Waals surface area contributed by atoms with E-state index in [4.69, 9.17) is 58.5 Å². The smallest absolute Gasteiger partial charge is 0.338 e. The molecule has 3 aliphatic carbocycles. The summed E-state index contributed by atoms with van der Waals surface area (Å²) in [7, 11) is 1.68. The minimum atomic E-state index is -0.329. The highest BCUT2D eigenvalue weighted by Crippen LogP contribution is 2.44. The number of methoxy groups -OCH3 is 1. The van der Waals surface area contributed by atoms with Crippen LogP contribution < -0.4 is 18.9 Å². The molecule has 0 radical (unpaired) electrons. The summed E-state index contributed by atoms with van der Waals surface area (Å²) in [5, 5.41) is 2.00. The Kier molecular flexibility index (Phi) is 17.0. The first kappa shape index (κ1) is 55.0. The first-order valence-corrected chi connectivity index (χ1v) is 27.4. The van der Waals surface area contributed by atoms with Crippen LogP contribution in [-0.4, -0.2) is 19.7 Å². The van der Waals surface area contributed by atoms with Crippen LogP contribution in [0.3, 0.4) is 0 Å². The number of hydrogen-bond donors (Lipinski definition) is 0. The summed E-state index contributed by atoms with van der Waals surface area (Å²) in [6, 6.07) is 64.1. The summed E-state index contributed by atoms with van der Waals surface area (Å²) in [6.45, 7) is 8.35. The van der Waals surface area contributed by atoms with Gasteiger partial charge in [-0.2, -0.15) is 0 Å². The predicted molar refractivity (Wildman–Crippen MR) is 323 cm³/mol. The number of halogens is 4. The van der Waals surface area contributed by atoms with E-state index in [0.717, 1.165) is 80.4 Å². The summed E-state index contributed by atoms with van der Waals surface area (Å²) in [6.07, 6.45) is 2.10. The summed E-state index contributed by atoms with van der Waals surface area (Å²) in [4.78, 5) is 12.2. The largest absolute Gasteiger partial charge is 0.497 e. The second-order valence-electron chi connectivity index (χ2n) is 19.6. The normalized spacial score (nSPS) is 12.9. The number of esters is 1. The highest BCUT2D eigenvalue weighted by Gasteiger charge is 2.29. The number of rotatable bonds is 12. The number of allylic oxidation sites excluding steroid dienone is 3. The Morgan fingerprint density at radius 2 is 0.838 bits per heavy atom. The number of carbonyl (C=O) groups excluding carboxylic acids is 1. The average Bonchev–Trinajstić information content (AvgIpc) is 4.22. The van der Waals surface area contributed by atoms with Gasteiger partial charge in [0.2, 0.25) is 0 Å². The molecule has 0 heterocycles. The maximum Gasteiger partial charge on any atom is 0.338 e. The van der Waals surface area contributed by atoms with Gasteiger partial charge in [-0.15, -0.1) is 0 Å². The van der Waals surface area contributed by atoms with Crippen molar-refractivity contribution in [1.29, 1.82) is 0 Å². The third kappa shape index (κ3) is 12.7. The fourth-order valence-electron chi connectivity index (χ4n) is 9.74. The van der Waals surface area contributed by atoms with Gasteiger partial charge in [0.1, 0.15) is 46.1 Å². The van der Waals surface area contributed by atoms with E-state index in [1.165, 1.54) is 39.5 Å². The summed E-state index contributed by atoms with van der Waals surface area (Å²) < 4.78 is 43.7. The number of carbonyl (C=O) groups is 1. The van der Waals surface area contributed by atoms with E-state index in [9.17, 15) is 9.18 Å². The molecule has 0 saturated heterocycles. The van der Waals surface area contributed by atoms with E-state index in [-0.39, 0.29) is 11.8 Å². The van der Waals surface area contributed by atoms with Gasteiger partial charge in [0.05, 0.1) is 19.3 Å². The average molecular weight is 1120 g/mol. The highest BCUT2D eigenvalue weighted by molar-refractivity contribution is 6.31. The van der Waals surface area contributed by atoms with Gasteiger partial charge in [0.15, 0.2) is 0 Å². The van der Waals surface area contributed by atoms with E-state index < -0.39 is 0 Å². The van der Waals surface area contributed by atoms with Crippen LogP contribution in [0.25, 0.3) is 34.0 Å². The zero-order valence-electron chi connectivity index (χ0n) is 44.8. The zero-order valence-corrected chi connectivity index (χ0v) is 47.1. The van der Waals surface area contributed by atoms with Gasteiger partial charge in [-0.05, 0) is 159 Å². The second-order valence-corrected chi connectivity index (χ2v) is 20.9. The van der Waals surface area contributed by atoms with Gasteiger partial charge in [0.25, 0.3) is 0 Å². The van der Waals surface area contributed by atoms with Crippen molar-refractivity contribution >= 4 is 74.8 Å². The molecule has 0 amide bonds. The Bertz CT molecular complexity index is 3810. The van der Waals surface area contributed by atoms with E-state index >= 15 is 0 Å². The minimum Gasteiger partial charge on any atom is -0.497 e. The second kappa shape index (κ2) is 24.8. The van der Waals surface area contributed by atoms with Crippen LogP contribution >= 0.6 is 34.8 Å². The van der Waals surface area contributed by atoms with Crippen molar-refractivity contribution in [2.75, 3.05) is 13.7 Å². The monoisotopic (exact) mass is 1120 g/mol. The molecule has 0 aliphatic heterocycles. The lowest BCUT2D eigenvalue weighted by Gasteiger charge is -2.12. The standard InChI is InChI=1S/C25H21ClO3.C23H19ClO2.C22H16ClFO/c1-3-28-25(27)19-9-8-18-14-22(17-6-4-16(2)5-7-17)24(23(18)15-19)29-21-12-10-20(26)11-13-21;1-15-3-5-16(6-4-15)21-13-17-7-10-20(25-2)14-22(17)23(21)26-19-11-8-18(24)9-12-19;1-14-5-7-15(8-6-14)19-13-20-18(3-2-4-21(20)24)22(19)25-17-11-9-16(23)10-12-17/h4-13,15H,3,14H2,1-2H3;3-12,14H,13H2,1-2H3;2-12H,13H2,1H3. The Morgan fingerprint density at radius 3 is 1.26 bits per heavy atom. The molecule has 0 atom stereocenters. The molecule has 0 bridgehead atoms. The molecular weight excluding hydrogens is 1060 g/mol. The van der Waals surface area contributed by atoms with Crippen molar-refractivity contribution in [2.45, 2.75) is 47.0 Å². The SMILES string of the molecule is CCOC(=O)c1ccc2c(c1)C(Oc1ccc(Cl)cc1)=C(c1ccc(C)cc1)C2.COc1ccc2c(c1)C(Oc1ccc(Cl)cc1)=C(c1ccc(C)cc1)C2.Cc1ccc(C2=C(Oc3ccc(Cl)cc3)c3cccc(F)c3C2)cc1. The summed E-state index contributed by atoms with van der Waals surface area (Å²) >= 11 is 18.0. The molecule has 0 N–H and O–H groups in total. The van der Waals surface area contributed by atoms with Crippen molar-refractivity contribution in [2.24, 2.45) is 0 Å². The number of aryl methyl sites for hydroxylation is 3. The summed E-state index contributed by atoms with van der Waals surface area (Å²) in [5.41, 5.74) is 16.6. The molecule has 9 aromatic rings. The van der Waals surface area contributed by atoms with Gasteiger partial charge in [-0.1, -0.05) is 149 Å².